The molecule has 0 aliphatic carbocycles. The van der Waals surface area contributed by atoms with E-state index in [1.807, 2.05) is 42.3 Å². The molecule has 31 heavy (non-hydrogen) atoms. The first-order valence-electron chi connectivity index (χ1n) is 10.1. The molecule has 3 aromatic rings. The largest absolute Gasteiger partial charge is 0.335 e. The van der Waals surface area contributed by atoms with Crippen LogP contribution >= 0.6 is 0 Å². The Balaban J connectivity index is 1.65. The lowest BCUT2D eigenvalue weighted by Crippen LogP contribution is -2.45. The third-order valence-electron chi connectivity index (χ3n) is 5.40. The number of hydrogen-bond donors (Lipinski definition) is 2. The number of carbonyl (C=O) groups is 2. The van der Waals surface area contributed by atoms with Crippen LogP contribution in [0.1, 0.15) is 59.0 Å². The molecule has 3 heterocycles. The zero-order chi connectivity index (χ0) is 22.3. The third-order valence-corrected chi connectivity index (χ3v) is 5.40. The fourth-order valence-corrected chi connectivity index (χ4v) is 3.64. The molecule has 4 rings (SSSR count). The van der Waals surface area contributed by atoms with Crippen molar-refractivity contribution in [2.45, 2.75) is 32.4 Å². The minimum atomic E-state index is -0.469. The standard InChI is InChI=1S/C23H26N6O2/c1-23(2,3)18-13-17(29(5)27-18)22(31)25-16-11-7-6-9-14(16)20-26-21(30)15-10-8-12-24-19(15)28(20)4/h6-13,20H,1-5H3,(H,25,31)(H,26,30)/t20-/m1/s1. The van der Waals surface area contributed by atoms with E-state index in [0.717, 1.165) is 11.3 Å². The van der Waals surface area contributed by atoms with Crippen molar-refractivity contribution in [3.05, 3.63) is 71.2 Å². The smallest absolute Gasteiger partial charge is 0.273 e. The second kappa shape index (κ2) is 7.54. The van der Waals surface area contributed by atoms with E-state index in [-0.39, 0.29) is 17.2 Å². The van der Waals surface area contributed by atoms with Crippen LogP contribution in [0.25, 0.3) is 0 Å². The summed E-state index contributed by atoms with van der Waals surface area (Å²) in [5, 5.41) is 10.5. The molecule has 2 N–H and O–H groups in total. The highest BCUT2D eigenvalue weighted by atomic mass is 16.2. The zero-order valence-electron chi connectivity index (χ0n) is 18.3. The number of aryl methyl sites for hydroxylation is 1. The van der Waals surface area contributed by atoms with Crippen LogP contribution in [0.4, 0.5) is 11.5 Å². The number of benzene rings is 1. The maximum atomic E-state index is 13.1. The SMILES string of the molecule is CN1c2ncccc2C(=O)N[C@H]1c1ccccc1NC(=O)c1cc(C(C)(C)C)nn1C. The van der Waals surface area contributed by atoms with E-state index in [2.05, 4.69) is 41.5 Å². The van der Waals surface area contributed by atoms with Gasteiger partial charge in [0.2, 0.25) is 0 Å². The van der Waals surface area contributed by atoms with Gasteiger partial charge in [0, 0.05) is 37.0 Å². The highest BCUT2D eigenvalue weighted by Crippen LogP contribution is 2.33. The summed E-state index contributed by atoms with van der Waals surface area (Å²) in [6.45, 7) is 6.17. The predicted molar refractivity (Wildman–Crippen MR) is 119 cm³/mol. The molecule has 0 saturated carbocycles. The van der Waals surface area contributed by atoms with Crippen LogP contribution in [0.15, 0.2) is 48.7 Å². The number of carbonyl (C=O) groups excluding carboxylic acids is 2. The Hall–Kier alpha value is -3.68. The van der Waals surface area contributed by atoms with Crippen molar-refractivity contribution in [3.8, 4) is 0 Å². The van der Waals surface area contributed by atoms with Crippen LogP contribution in [0, 0.1) is 0 Å². The second-order valence-electron chi connectivity index (χ2n) is 8.69. The van der Waals surface area contributed by atoms with Crippen LogP contribution < -0.4 is 15.5 Å². The van der Waals surface area contributed by atoms with Gasteiger partial charge in [-0.05, 0) is 24.3 Å². The van der Waals surface area contributed by atoms with Gasteiger partial charge in [0.05, 0.1) is 11.3 Å². The summed E-state index contributed by atoms with van der Waals surface area (Å²) in [4.78, 5) is 32.0. The van der Waals surface area contributed by atoms with E-state index < -0.39 is 6.17 Å². The molecule has 0 bridgehead atoms. The Morgan fingerprint density at radius 2 is 1.87 bits per heavy atom. The first-order chi connectivity index (χ1) is 14.7. The molecule has 1 atom stereocenters. The molecule has 0 fully saturated rings. The number of amides is 2. The fraction of sp³-hybridized carbons (Fsp3) is 0.304. The van der Waals surface area contributed by atoms with Crippen LogP contribution in [0.3, 0.4) is 0 Å². The van der Waals surface area contributed by atoms with E-state index in [0.29, 0.717) is 22.8 Å². The molecule has 160 valence electrons. The summed E-state index contributed by atoms with van der Waals surface area (Å²) >= 11 is 0. The van der Waals surface area contributed by atoms with Crippen LogP contribution in [-0.4, -0.2) is 33.6 Å². The zero-order valence-corrected chi connectivity index (χ0v) is 18.3. The number of anilines is 2. The molecule has 8 heteroatoms. The number of para-hydroxylation sites is 1. The predicted octanol–water partition coefficient (Wildman–Crippen LogP) is 3.24. The summed E-state index contributed by atoms with van der Waals surface area (Å²) in [5.74, 6) is 0.133. The van der Waals surface area contributed by atoms with Crippen molar-refractivity contribution in [1.29, 1.82) is 0 Å². The van der Waals surface area contributed by atoms with Gasteiger partial charge in [-0.25, -0.2) is 4.98 Å². The lowest BCUT2D eigenvalue weighted by Gasteiger charge is -2.36. The molecule has 2 aromatic heterocycles. The van der Waals surface area contributed by atoms with E-state index in [9.17, 15) is 9.59 Å². The number of hydrogen-bond acceptors (Lipinski definition) is 5. The molecule has 1 aromatic carbocycles. The summed E-state index contributed by atoms with van der Waals surface area (Å²) < 4.78 is 1.59. The van der Waals surface area contributed by atoms with Gasteiger partial charge in [0.15, 0.2) is 0 Å². The summed E-state index contributed by atoms with van der Waals surface area (Å²) in [5.41, 5.74) is 3.04. The number of fused-ring (bicyclic) bond motifs is 1. The summed E-state index contributed by atoms with van der Waals surface area (Å²) in [6, 6.07) is 12.7. The Labute approximate surface area is 181 Å². The Morgan fingerprint density at radius 3 is 2.58 bits per heavy atom. The van der Waals surface area contributed by atoms with Gasteiger partial charge in [-0.1, -0.05) is 39.0 Å². The molecule has 2 amide bonds. The van der Waals surface area contributed by atoms with Gasteiger partial charge in [-0.15, -0.1) is 0 Å². The van der Waals surface area contributed by atoms with Crippen molar-refractivity contribution >= 4 is 23.3 Å². The Bertz CT molecular complexity index is 1160. The molecule has 0 saturated heterocycles. The molecule has 1 aliphatic rings. The van der Waals surface area contributed by atoms with E-state index >= 15 is 0 Å². The van der Waals surface area contributed by atoms with Crippen LogP contribution in [0.2, 0.25) is 0 Å². The summed E-state index contributed by atoms with van der Waals surface area (Å²) in [7, 11) is 3.62. The molecule has 8 nitrogen and oxygen atoms in total. The molecule has 0 radical (unpaired) electrons. The van der Waals surface area contributed by atoms with Crippen LogP contribution in [0.5, 0.6) is 0 Å². The second-order valence-corrected chi connectivity index (χ2v) is 8.69. The average molecular weight is 419 g/mol. The highest BCUT2D eigenvalue weighted by Gasteiger charge is 2.32. The maximum absolute atomic E-state index is 13.1. The van der Waals surface area contributed by atoms with Gasteiger partial charge < -0.3 is 15.5 Å². The molecule has 1 aliphatic heterocycles. The minimum absolute atomic E-state index is 0.163. The van der Waals surface area contributed by atoms with E-state index in [1.165, 1.54) is 0 Å². The van der Waals surface area contributed by atoms with Crippen molar-refractivity contribution < 1.29 is 9.59 Å². The van der Waals surface area contributed by atoms with E-state index in [4.69, 9.17) is 0 Å². The minimum Gasteiger partial charge on any atom is -0.335 e. The van der Waals surface area contributed by atoms with Gasteiger partial charge in [0.1, 0.15) is 17.7 Å². The fourth-order valence-electron chi connectivity index (χ4n) is 3.64. The Kier molecular flexibility index (Phi) is 5.00. The van der Waals surface area contributed by atoms with E-state index in [1.54, 1.807) is 30.1 Å². The monoisotopic (exact) mass is 418 g/mol. The quantitative estimate of drug-likeness (QED) is 0.681. The summed E-state index contributed by atoms with van der Waals surface area (Å²) in [6.07, 6.45) is 1.19. The highest BCUT2D eigenvalue weighted by molar-refractivity contribution is 6.04. The Morgan fingerprint density at radius 1 is 1.13 bits per heavy atom. The number of nitrogens with zero attached hydrogens (tertiary/aromatic N) is 4. The lowest BCUT2D eigenvalue weighted by atomic mass is 9.92. The average Bonchev–Trinajstić information content (AvgIpc) is 3.14. The van der Waals surface area contributed by atoms with Gasteiger partial charge in [0.25, 0.3) is 11.8 Å². The van der Waals surface area contributed by atoms with Gasteiger partial charge >= 0.3 is 0 Å². The van der Waals surface area contributed by atoms with Gasteiger partial charge in [-0.3, -0.25) is 14.3 Å². The topological polar surface area (TPSA) is 92.2 Å². The third kappa shape index (κ3) is 3.76. The van der Waals surface area contributed by atoms with Gasteiger partial charge in [-0.2, -0.15) is 5.10 Å². The first-order valence-corrected chi connectivity index (χ1v) is 10.1. The van der Waals surface area contributed by atoms with Crippen molar-refractivity contribution in [3.63, 3.8) is 0 Å². The van der Waals surface area contributed by atoms with Crippen molar-refractivity contribution in [2.24, 2.45) is 7.05 Å². The number of rotatable bonds is 3. The maximum Gasteiger partial charge on any atom is 0.273 e. The molecular formula is C23H26N6O2. The molecule has 0 spiro atoms. The van der Waals surface area contributed by atoms with Crippen LogP contribution in [-0.2, 0) is 12.5 Å². The molecular weight excluding hydrogens is 392 g/mol. The van der Waals surface area contributed by atoms with Crippen molar-refractivity contribution in [1.82, 2.24) is 20.1 Å². The first kappa shape index (κ1) is 20.6. The molecule has 0 unspecified atom stereocenters. The number of aromatic nitrogens is 3. The number of nitrogens with one attached hydrogen (secondary N) is 2. The van der Waals surface area contributed by atoms with Crippen molar-refractivity contribution in [2.75, 3.05) is 17.3 Å². The lowest BCUT2D eigenvalue weighted by molar-refractivity contribution is 0.0927. The number of pyridine rings is 1. The normalized spacial score (nSPS) is 16.0.